The highest BCUT2D eigenvalue weighted by Gasteiger charge is 2.52. The Balaban J connectivity index is 2.11. The Bertz CT molecular complexity index is 730. The van der Waals surface area contributed by atoms with E-state index in [1.165, 1.54) is 16.7 Å². The summed E-state index contributed by atoms with van der Waals surface area (Å²) in [5.41, 5.74) is -1.35. The van der Waals surface area contributed by atoms with Gasteiger partial charge in [-0.1, -0.05) is 30.3 Å². The van der Waals surface area contributed by atoms with E-state index in [9.17, 15) is 19.5 Å². The summed E-state index contributed by atoms with van der Waals surface area (Å²) in [6, 6.07) is 8.63. The molecule has 0 saturated carbocycles. The third-order valence-corrected chi connectivity index (χ3v) is 4.74. The van der Waals surface area contributed by atoms with Gasteiger partial charge in [-0.3, -0.25) is 4.90 Å². The fourth-order valence-electron chi connectivity index (χ4n) is 3.06. The molecule has 28 heavy (non-hydrogen) atoms. The fourth-order valence-corrected chi connectivity index (χ4v) is 3.06. The molecule has 0 aromatic heterocycles. The van der Waals surface area contributed by atoms with E-state index < -0.39 is 35.3 Å². The second kappa shape index (κ2) is 8.08. The van der Waals surface area contributed by atoms with E-state index in [1.807, 2.05) is 30.3 Å². The number of hydrogen-bond acceptors (Lipinski definition) is 5. The lowest BCUT2D eigenvalue weighted by molar-refractivity contribution is -0.147. The molecule has 1 aromatic carbocycles. The van der Waals surface area contributed by atoms with Gasteiger partial charge in [0, 0.05) is 20.0 Å². The molecule has 0 radical (unpaired) electrons. The van der Waals surface area contributed by atoms with E-state index in [4.69, 9.17) is 9.47 Å². The number of carbonyl (C=O) groups is 3. The number of aliphatic carboxylic acids is 1. The highest BCUT2D eigenvalue weighted by molar-refractivity contribution is 5.85. The Hall–Kier alpha value is -2.77. The van der Waals surface area contributed by atoms with Crippen molar-refractivity contribution >= 4 is 18.2 Å². The van der Waals surface area contributed by atoms with Crippen LogP contribution in [0.3, 0.4) is 0 Å². The molecule has 1 aliphatic heterocycles. The maximum atomic E-state index is 12.6. The SMILES string of the molecule is CN(C(=O)OC(C)(C)C)[C@H]1CN(C(=O)OCc2ccccc2)[C@](C)(C(=O)O)C1. The van der Waals surface area contributed by atoms with Gasteiger partial charge >= 0.3 is 18.2 Å². The lowest BCUT2D eigenvalue weighted by Gasteiger charge is -2.29. The summed E-state index contributed by atoms with van der Waals surface area (Å²) >= 11 is 0. The summed E-state index contributed by atoms with van der Waals surface area (Å²) in [5.74, 6) is -1.15. The molecular weight excluding hydrogens is 364 g/mol. The average Bonchev–Trinajstić information content (AvgIpc) is 2.97. The molecule has 8 heteroatoms. The minimum Gasteiger partial charge on any atom is -0.480 e. The maximum Gasteiger partial charge on any atom is 0.411 e. The number of amides is 2. The Morgan fingerprint density at radius 1 is 1.25 bits per heavy atom. The van der Waals surface area contributed by atoms with Gasteiger partial charge in [-0.15, -0.1) is 0 Å². The number of likely N-dealkylation sites (tertiary alicyclic amines) is 1. The number of likely N-dealkylation sites (N-methyl/N-ethyl adjacent to an activating group) is 1. The number of nitrogens with zero attached hydrogens (tertiary/aromatic N) is 2. The molecule has 0 aliphatic carbocycles. The van der Waals surface area contributed by atoms with Crippen molar-refractivity contribution in [3.8, 4) is 0 Å². The van der Waals surface area contributed by atoms with Crippen molar-refractivity contribution in [3.63, 3.8) is 0 Å². The zero-order chi connectivity index (χ0) is 21.1. The average molecular weight is 392 g/mol. The van der Waals surface area contributed by atoms with Crippen molar-refractivity contribution in [1.29, 1.82) is 0 Å². The van der Waals surface area contributed by atoms with Gasteiger partial charge in [0.05, 0.1) is 6.04 Å². The highest BCUT2D eigenvalue weighted by atomic mass is 16.6. The van der Waals surface area contributed by atoms with Crippen molar-refractivity contribution < 1.29 is 29.0 Å². The summed E-state index contributed by atoms with van der Waals surface area (Å²) in [5, 5.41) is 9.72. The Morgan fingerprint density at radius 2 is 1.86 bits per heavy atom. The molecule has 1 saturated heterocycles. The van der Waals surface area contributed by atoms with Gasteiger partial charge in [-0.05, 0) is 33.3 Å². The van der Waals surface area contributed by atoms with Crippen LogP contribution in [0.5, 0.6) is 0 Å². The number of carboxylic acids is 1. The minimum absolute atomic E-state index is 0.0401. The zero-order valence-corrected chi connectivity index (χ0v) is 17.0. The van der Waals surface area contributed by atoms with Crippen molar-refractivity contribution in [2.24, 2.45) is 0 Å². The van der Waals surface area contributed by atoms with Crippen LogP contribution in [-0.4, -0.2) is 63.8 Å². The molecule has 2 atom stereocenters. The van der Waals surface area contributed by atoms with Crippen LogP contribution in [0, 0.1) is 0 Å². The molecule has 1 N–H and O–H groups in total. The lowest BCUT2D eigenvalue weighted by Crippen LogP contribution is -2.50. The van der Waals surface area contributed by atoms with Crippen LogP contribution in [0.1, 0.15) is 39.7 Å². The molecule has 1 fully saturated rings. The Morgan fingerprint density at radius 3 is 2.39 bits per heavy atom. The van der Waals surface area contributed by atoms with Crippen molar-refractivity contribution in [2.45, 2.75) is 57.9 Å². The molecule has 1 aromatic rings. The van der Waals surface area contributed by atoms with Gasteiger partial charge in [-0.2, -0.15) is 0 Å². The molecule has 0 bridgehead atoms. The first-order valence-electron chi connectivity index (χ1n) is 9.11. The molecule has 8 nitrogen and oxygen atoms in total. The largest absolute Gasteiger partial charge is 0.480 e. The smallest absolute Gasteiger partial charge is 0.411 e. The number of ether oxygens (including phenoxy) is 2. The van der Waals surface area contributed by atoms with Crippen LogP contribution in [0.4, 0.5) is 9.59 Å². The summed E-state index contributed by atoms with van der Waals surface area (Å²) in [4.78, 5) is 39.4. The van der Waals surface area contributed by atoms with Crippen molar-refractivity contribution in [3.05, 3.63) is 35.9 Å². The molecule has 1 aliphatic rings. The standard InChI is InChI=1S/C20H28N2O6/c1-19(2,3)28-17(25)21(5)15-11-20(4,16(23)24)22(12-15)18(26)27-13-14-9-7-6-8-10-14/h6-10,15H,11-13H2,1-5H3,(H,23,24)/t15-,20+/m1/s1. The maximum absolute atomic E-state index is 12.6. The van der Waals surface area contributed by atoms with Crippen LogP contribution in [-0.2, 0) is 20.9 Å². The van der Waals surface area contributed by atoms with Crippen LogP contribution in [0.25, 0.3) is 0 Å². The summed E-state index contributed by atoms with van der Waals surface area (Å²) < 4.78 is 10.7. The monoisotopic (exact) mass is 392 g/mol. The first-order chi connectivity index (χ1) is 12.9. The van der Waals surface area contributed by atoms with Gasteiger partial charge in [0.2, 0.25) is 0 Å². The van der Waals surface area contributed by atoms with Crippen molar-refractivity contribution in [2.75, 3.05) is 13.6 Å². The van der Waals surface area contributed by atoms with Crippen LogP contribution < -0.4 is 0 Å². The van der Waals surface area contributed by atoms with Gasteiger partial charge in [0.15, 0.2) is 0 Å². The van der Waals surface area contributed by atoms with E-state index in [2.05, 4.69) is 0 Å². The number of carbonyl (C=O) groups excluding carboxylic acids is 2. The third-order valence-electron chi connectivity index (χ3n) is 4.74. The number of benzene rings is 1. The molecule has 1 heterocycles. The predicted molar refractivity (Wildman–Crippen MR) is 102 cm³/mol. The van der Waals surface area contributed by atoms with Gasteiger partial charge < -0.3 is 19.5 Å². The van der Waals surface area contributed by atoms with Crippen LogP contribution in [0.15, 0.2) is 30.3 Å². The van der Waals surface area contributed by atoms with E-state index in [0.717, 1.165) is 5.56 Å². The number of rotatable bonds is 4. The van der Waals surface area contributed by atoms with Crippen molar-refractivity contribution in [1.82, 2.24) is 9.80 Å². The third kappa shape index (κ3) is 4.94. The van der Waals surface area contributed by atoms with E-state index in [-0.39, 0.29) is 19.6 Å². The number of hydrogen-bond donors (Lipinski definition) is 1. The molecule has 154 valence electrons. The molecular formula is C20H28N2O6. The fraction of sp³-hybridized carbons (Fsp3) is 0.550. The normalized spacial score (nSPS) is 21.9. The lowest BCUT2D eigenvalue weighted by atomic mass is 9.97. The first-order valence-corrected chi connectivity index (χ1v) is 9.11. The highest BCUT2D eigenvalue weighted by Crippen LogP contribution is 2.33. The van der Waals surface area contributed by atoms with Gasteiger partial charge in [0.1, 0.15) is 17.7 Å². The summed E-state index contributed by atoms with van der Waals surface area (Å²) in [7, 11) is 1.54. The topological polar surface area (TPSA) is 96.4 Å². The first kappa shape index (κ1) is 21.5. The molecule has 2 rings (SSSR count). The molecule has 2 amide bonds. The summed E-state index contributed by atoms with van der Waals surface area (Å²) in [6.07, 6.45) is -1.21. The quantitative estimate of drug-likeness (QED) is 0.846. The Labute approximate surface area is 165 Å². The molecule has 0 unspecified atom stereocenters. The zero-order valence-electron chi connectivity index (χ0n) is 17.0. The Kier molecular flexibility index (Phi) is 6.21. The number of carboxylic acid groups (broad SMARTS) is 1. The van der Waals surface area contributed by atoms with E-state index in [1.54, 1.807) is 27.8 Å². The molecule has 0 spiro atoms. The second-order valence-electron chi connectivity index (χ2n) is 8.18. The van der Waals surface area contributed by atoms with Gasteiger partial charge in [-0.25, -0.2) is 14.4 Å². The minimum atomic E-state index is -1.48. The second-order valence-corrected chi connectivity index (χ2v) is 8.18. The van der Waals surface area contributed by atoms with E-state index >= 15 is 0 Å². The summed E-state index contributed by atoms with van der Waals surface area (Å²) in [6.45, 7) is 6.80. The van der Waals surface area contributed by atoms with Crippen LogP contribution >= 0.6 is 0 Å². The van der Waals surface area contributed by atoms with Crippen LogP contribution in [0.2, 0.25) is 0 Å². The predicted octanol–water partition coefficient (Wildman–Crippen LogP) is 3.11. The van der Waals surface area contributed by atoms with E-state index in [0.29, 0.717) is 0 Å². The van der Waals surface area contributed by atoms with Gasteiger partial charge in [0.25, 0.3) is 0 Å².